The van der Waals surface area contributed by atoms with Crippen molar-refractivity contribution < 1.29 is 0 Å². The summed E-state index contributed by atoms with van der Waals surface area (Å²) in [5.74, 6) is 9.70. The van der Waals surface area contributed by atoms with Crippen LogP contribution in [0.15, 0.2) is 6.33 Å². The third-order valence-electron chi connectivity index (χ3n) is 7.93. The molecule has 4 bridgehead atoms. The average Bonchev–Trinajstić information content (AvgIpc) is 3.42. The SMILES string of the molecule is Nc1nc(C#CNCCC2C3CC4CC(C3)CC2C4)nc2c1ncn2CC1CC1. The van der Waals surface area contributed by atoms with Crippen molar-refractivity contribution in [1.29, 1.82) is 0 Å². The van der Waals surface area contributed by atoms with Crippen LogP contribution in [-0.2, 0) is 6.54 Å². The monoisotopic (exact) mass is 390 g/mol. The molecule has 0 atom stereocenters. The van der Waals surface area contributed by atoms with Gasteiger partial charge in [-0.2, -0.15) is 0 Å². The summed E-state index contributed by atoms with van der Waals surface area (Å²) in [5.41, 5.74) is 7.59. The summed E-state index contributed by atoms with van der Waals surface area (Å²) in [7, 11) is 0. The minimum atomic E-state index is 0.419. The zero-order valence-electron chi connectivity index (χ0n) is 17.0. The normalized spacial score (nSPS) is 32.3. The summed E-state index contributed by atoms with van der Waals surface area (Å²) < 4.78 is 2.09. The van der Waals surface area contributed by atoms with Crippen molar-refractivity contribution in [3.05, 3.63) is 12.2 Å². The van der Waals surface area contributed by atoms with Gasteiger partial charge in [-0.1, -0.05) is 0 Å². The van der Waals surface area contributed by atoms with E-state index < -0.39 is 0 Å². The first-order valence-corrected chi connectivity index (χ1v) is 11.4. The van der Waals surface area contributed by atoms with Crippen molar-refractivity contribution in [2.45, 2.75) is 57.9 Å². The molecule has 7 rings (SSSR count). The van der Waals surface area contributed by atoms with Crippen molar-refractivity contribution in [3.63, 3.8) is 0 Å². The van der Waals surface area contributed by atoms with Crippen molar-refractivity contribution in [2.75, 3.05) is 12.3 Å². The van der Waals surface area contributed by atoms with E-state index in [0.717, 1.165) is 54.2 Å². The molecule has 6 nitrogen and oxygen atoms in total. The van der Waals surface area contributed by atoms with Gasteiger partial charge < -0.3 is 15.6 Å². The first-order chi connectivity index (χ1) is 14.2. The van der Waals surface area contributed by atoms with E-state index in [-0.39, 0.29) is 0 Å². The Morgan fingerprint density at radius 3 is 2.55 bits per heavy atom. The van der Waals surface area contributed by atoms with Gasteiger partial charge in [-0.15, -0.1) is 0 Å². The number of anilines is 1. The Bertz CT molecular complexity index is 950. The largest absolute Gasteiger partial charge is 0.382 e. The molecule has 3 N–H and O–H groups in total. The number of nitrogens with two attached hydrogens (primary N) is 1. The van der Waals surface area contributed by atoms with Crippen LogP contribution in [0.1, 0.15) is 57.2 Å². The van der Waals surface area contributed by atoms with Gasteiger partial charge in [0.1, 0.15) is 5.52 Å². The fourth-order valence-corrected chi connectivity index (χ4v) is 6.64. The lowest BCUT2D eigenvalue weighted by Gasteiger charge is -2.54. The number of hydrogen-bond acceptors (Lipinski definition) is 5. The summed E-state index contributed by atoms with van der Waals surface area (Å²) in [4.78, 5) is 13.3. The summed E-state index contributed by atoms with van der Waals surface area (Å²) in [6, 6.07) is 3.07. The Hall–Kier alpha value is -2.29. The molecule has 0 saturated heterocycles. The molecule has 29 heavy (non-hydrogen) atoms. The van der Waals surface area contributed by atoms with Gasteiger partial charge in [-0.3, -0.25) is 0 Å². The van der Waals surface area contributed by atoms with Crippen molar-refractivity contribution >= 4 is 17.0 Å². The zero-order chi connectivity index (χ0) is 19.4. The van der Waals surface area contributed by atoms with Gasteiger partial charge in [-0.25, -0.2) is 15.0 Å². The molecule has 2 aromatic rings. The van der Waals surface area contributed by atoms with Crippen molar-refractivity contribution in [1.82, 2.24) is 24.8 Å². The molecule has 0 spiro atoms. The van der Waals surface area contributed by atoms with Crippen LogP contribution in [0.25, 0.3) is 11.2 Å². The molecule has 0 aromatic carbocycles. The number of nitrogens with zero attached hydrogens (tertiary/aromatic N) is 4. The second-order valence-corrected chi connectivity index (χ2v) is 10.0. The van der Waals surface area contributed by atoms with E-state index in [1.807, 2.05) is 6.33 Å². The van der Waals surface area contributed by atoms with Gasteiger partial charge in [0.05, 0.1) is 6.33 Å². The molecule has 6 heteroatoms. The highest BCUT2D eigenvalue weighted by Gasteiger charge is 2.47. The van der Waals surface area contributed by atoms with Crippen LogP contribution in [0.5, 0.6) is 0 Å². The van der Waals surface area contributed by atoms with Gasteiger partial charge in [-0.05, 0) is 92.8 Å². The molecule has 0 unspecified atom stereocenters. The predicted molar refractivity (Wildman–Crippen MR) is 112 cm³/mol. The Balaban J connectivity index is 1.09. The van der Waals surface area contributed by atoms with Crippen molar-refractivity contribution in [2.24, 2.45) is 35.5 Å². The maximum Gasteiger partial charge on any atom is 0.210 e. The third kappa shape index (κ3) is 3.35. The van der Waals surface area contributed by atoms with Gasteiger partial charge in [0, 0.05) is 19.1 Å². The molecule has 2 aromatic heterocycles. The first-order valence-electron chi connectivity index (χ1n) is 11.4. The van der Waals surface area contributed by atoms with E-state index in [9.17, 15) is 0 Å². The second kappa shape index (κ2) is 6.90. The number of aromatic nitrogens is 4. The number of nitrogens with one attached hydrogen (secondary N) is 1. The Morgan fingerprint density at radius 2 is 1.83 bits per heavy atom. The van der Waals surface area contributed by atoms with E-state index in [2.05, 4.69) is 36.8 Å². The predicted octanol–water partition coefficient (Wildman–Crippen LogP) is 3.18. The quantitative estimate of drug-likeness (QED) is 0.466. The van der Waals surface area contributed by atoms with Crippen LogP contribution < -0.4 is 11.1 Å². The zero-order valence-corrected chi connectivity index (χ0v) is 17.0. The fraction of sp³-hybridized carbons (Fsp3) is 0.696. The second-order valence-electron chi connectivity index (χ2n) is 10.0. The van der Waals surface area contributed by atoms with Crippen LogP contribution in [0.3, 0.4) is 0 Å². The molecule has 5 aliphatic rings. The molecule has 0 aliphatic heterocycles. The van der Waals surface area contributed by atoms with Crippen LogP contribution >= 0.6 is 0 Å². The molecule has 2 heterocycles. The average molecular weight is 391 g/mol. The smallest absolute Gasteiger partial charge is 0.210 e. The molecule has 0 radical (unpaired) electrons. The molecule has 5 saturated carbocycles. The third-order valence-corrected chi connectivity index (χ3v) is 7.93. The number of imidazole rings is 1. The Kier molecular flexibility index (Phi) is 4.18. The van der Waals surface area contributed by atoms with E-state index >= 15 is 0 Å². The lowest BCUT2D eigenvalue weighted by Crippen LogP contribution is -2.45. The highest BCUT2D eigenvalue weighted by atomic mass is 15.1. The highest BCUT2D eigenvalue weighted by molar-refractivity contribution is 5.81. The lowest BCUT2D eigenvalue weighted by atomic mass is 9.51. The summed E-state index contributed by atoms with van der Waals surface area (Å²) in [6.45, 7) is 1.92. The first kappa shape index (κ1) is 17.6. The Labute approximate surface area is 172 Å². The van der Waals surface area contributed by atoms with Crippen LogP contribution in [0, 0.1) is 47.5 Å². The topological polar surface area (TPSA) is 81.7 Å². The number of fused-ring (bicyclic) bond motifs is 1. The number of nitrogen functional groups attached to an aromatic ring is 1. The van der Waals surface area contributed by atoms with Gasteiger partial charge in [0.25, 0.3) is 0 Å². The lowest BCUT2D eigenvalue weighted by molar-refractivity contribution is -0.0389. The molecule has 0 amide bonds. The Morgan fingerprint density at radius 1 is 1.07 bits per heavy atom. The van der Waals surface area contributed by atoms with Crippen LogP contribution in [-0.4, -0.2) is 26.1 Å². The van der Waals surface area contributed by atoms with Gasteiger partial charge >= 0.3 is 0 Å². The molecular weight excluding hydrogens is 360 g/mol. The van der Waals surface area contributed by atoms with E-state index in [1.165, 1.54) is 51.4 Å². The summed E-state index contributed by atoms with van der Waals surface area (Å²) >= 11 is 0. The maximum atomic E-state index is 6.10. The van der Waals surface area contributed by atoms with E-state index in [4.69, 9.17) is 5.73 Å². The molecule has 152 valence electrons. The van der Waals surface area contributed by atoms with Gasteiger partial charge in [0.15, 0.2) is 11.5 Å². The van der Waals surface area contributed by atoms with Crippen LogP contribution in [0.2, 0.25) is 0 Å². The molecule has 5 aliphatic carbocycles. The molecule has 5 fully saturated rings. The van der Waals surface area contributed by atoms with E-state index in [0.29, 0.717) is 17.2 Å². The summed E-state index contributed by atoms with van der Waals surface area (Å²) in [6.07, 6.45) is 13.2. The van der Waals surface area contributed by atoms with Gasteiger partial charge in [0.2, 0.25) is 5.82 Å². The maximum absolute atomic E-state index is 6.10. The number of rotatable bonds is 5. The minimum Gasteiger partial charge on any atom is -0.382 e. The van der Waals surface area contributed by atoms with E-state index in [1.54, 1.807) is 0 Å². The standard InChI is InChI=1S/C23H30N6/c24-22-21-23(29(13-26-21)12-14-1-2-14)28-20(27-22)4-6-25-5-3-19-17-8-15-7-16(10-17)11-18(19)9-15/h13-19,25H,1-3,5,7-12H2,(H2,24,27,28). The fourth-order valence-electron chi connectivity index (χ4n) is 6.64. The summed E-state index contributed by atoms with van der Waals surface area (Å²) in [5, 5.41) is 3.31. The minimum absolute atomic E-state index is 0.419. The van der Waals surface area contributed by atoms with Crippen molar-refractivity contribution in [3.8, 4) is 12.0 Å². The highest BCUT2D eigenvalue weighted by Crippen LogP contribution is 2.57. The van der Waals surface area contributed by atoms with Crippen LogP contribution in [0.4, 0.5) is 5.82 Å². The number of hydrogen-bond donors (Lipinski definition) is 2. The molecular formula is C23H30N6.